The van der Waals surface area contributed by atoms with Crippen LogP contribution in [0.5, 0.6) is 5.75 Å². The van der Waals surface area contributed by atoms with Crippen LogP contribution in [-0.2, 0) is 6.42 Å². The summed E-state index contributed by atoms with van der Waals surface area (Å²) in [5.41, 5.74) is 2.27. The number of nitrogens with zero attached hydrogens (tertiary/aromatic N) is 4. The second-order valence-corrected chi connectivity index (χ2v) is 8.29. The zero-order valence-electron chi connectivity index (χ0n) is 17.1. The molecule has 0 atom stereocenters. The predicted molar refractivity (Wildman–Crippen MR) is 118 cm³/mol. The lowest BCUT2D eigenvalue weighted by Crippen LogP contribution is -2.11. The summed E-state index contributed by atoms with van der Waals surface area (Å²) in [7, 11) is 0. The Kier molecular flexibility index (Phi) is 5.76. The van der Waals surface area contributed by atoms with Gasteiger partial charge in [0, 0.05) is 23.2 Å². The summed E-state index contributed by atoms with van der Waals surface area (Å²) in [6.07, 6.45) is 0.778. The summed E-state index contributed by atoms with van der Waals surface area (Å²) in [6.45, 7) is 6.87. The highest BCUT2D eigenvalue weighted by molar-refractivity contribution is 7.19. The van der Waals surface area contributed by atoms with Gasteiger partial charge in [0.25, 0.3) is 5.91 Å². The molecule has 0 fully saturated rings. The molecular formula is C22H23N5O2S. The standard InChI is InChI=1S/C22H23N5O2S/c1-4-19-24-25-22-27(19)26-21(30-22)16-5-9-17(10-6-16)23-20(28)15-7-11-18(12-8-15)29-13-14(2)3/h5-12,14H,4,13H2,1-3H3,(H,23,28). The number of nitrogens with one attached hydrogen (secondary N) is 1. The molecule has 7 nitrogen and oxygen atoms in total. The van der Waals surface area contributed by atoms with E-state index in [0.29, 0.717) is 18.1 Å². The number of rotatable bonds is 7. The summed E-state index contributed by atoms with van der Waals surface area (Å²) < 4.78 is 7.44. The maximum atomic E-state index is 12.5. The number of hydrogen-bond donors (Lipinski definition) is 1. The quantitative estimate of drug-likeness (QED) is 0.468. The van der Waals surface area contributed by atoms with Crippen molar-refractivity contribution in [3.8, 4) is 16.3 Å². The van der Waals surface area contributed by atoms with Gasteiger partial charge in [0.15, 0.2) is 5.82 Å². The first-order valence-electron chi connectivity index (χ1n) is 9.89. The zero-order valence-corrected chi connectivity index (χ0v) is 17.9. The second-order valence-electron chi connectivity index (χ2n) is 7.33. The molecule has 0 saturated heterocycles. The van der Waals surface area contributed by atoms with E-state index in [1.54, 1.807) is 16.6 Å². The highest BCUT2D eigenvalue weighted by atomic mass is 32.1. The third-order valence-corrected chi connectivity index (χ3v) is 5.41. The van der Waals surface area contributed by atoms with Crippen LogP contribution in [0.3, 0.4) is 0 Å². The minimum Gasteiger partial charge on any atom is -0.493 e. The largest absolute Gasteiger partial charge is 0.493 e. The predicted octanol–water partition coefficient (Wildman–Crippen LogP) is 4.70. The summed E-state index contributed by atoms with van der Waals surface area (Å²) in [5.74, 6) is 1.90. The number of anilines is 1. The van der Waals surface area contributed by atoms with Crippen LogP contribution in [0.2, 0.25) is 0 Å². The van der Waals surface area contributed by atoms with Crippen LogP contribution in [0.25, 0.3) is 15.5 Å². The van der Waals surface area contributed by atoms with Gasteiger partial charge in [-0.25, -0.2) is 0 Å². The van der Waals surface area contributed by atoms with E-state index in [9.17, 15) is 4.79 Å². The molecule has 4 rings (SSSR count). The Morgan fingerprint density at radius 1 is 1.10 bits per heavy atom. The highest BCUT2D eigenvalue weighted by Gasteiger charge is 2.12. The molecule has 0 radical (unpaired) electrons. The lowest BCUT2D eigenvalue weighted by molar-refractivity contribution is 0.102. The molecule has 30 heavy (non-hydrogen) atoms. The first kappa shape index (κ1) is 20.0. The molecule has 0 spiro atoms. The number of benzene rings is 2. The molecule has 4 aromatic rings. The van der Waals surface area contributed by atoms with Gasteiger partial charge in [-0.15, -0.1) is 10.2 Å². The first-order valence-corrected chi connectivity index (χ1v) is 10.7. The lowest BCUT2D eigenvalue weighted by Gasteiger charge is -2.09. The number of fused-ring (bicyclic) bond motifs is 1. The van der Waals surface area contributed by atoms with E-state index in [-0.39, 0.29) is 5.91 Å². The molecule has 154 valence electrons. The van der Waals surface area contributed by atoms with E-state index < -0.39 is 0 Å². The average Bonchev–Trinajstić information content (AvgIpc) is 3.34. The van der Waals surface area contributed by atoms with Crippen molar-refractivity contribution in [3.63, 3.8) is 0 Å². The highest BCUT2D eigenvalue weighted by Crippen LogP contribution is 2.27. The number of carbonyl (C=O) groups is 1. The average molecular weight is 422 g/mol. The molecule has 0 aliphatic carbocycles. The van der Waals surface area contributed by atoms with Crippen LogP contribution < -0.4 is 10.1 Å². The van der Waals surface area contributed by atoms with Crippen LogP contribution in [-0.4, -0.2) is 32.3 Å². The second kappa shape index (κ2) is 8.62. The molecule has 1 N–H and O–H groups in total. The van der Waals surface area contributed by atoms with E-state index in [4.69, 9.17) is 4.74 Å². The maximum Gasteiger partial charge on any atom is 0.255 e. The van der Waals surface area contributed by atoms with E-state index in [2.05, 4.69) is 34.5 Å². The Hall–Kier alpha value is -3.26. The van der Waals surface area contributed by atoms with E-state index >= 15 is 0 Å². The molecule has 0 aliphatic heterocycles. The van der Waals surface area contributed by atoms with Crippen LogP contribution in [0, 0.1) is 5.92 Å². The number of hydrogen-bond acceptors (Lipinski definition) is 6. The molecule has 0 aliphatic rings. The number of carbonyl (C=O) groups excluding carboxylic acids is 1. The summed E-state index contributed by atoms with van der Waals surface area (Å²) in [4.78, 5) is 13.3. The van der Waals surface area contributed by atoms with Gasteiger partial charge in [0.1, 0.15) is 10.8 Å². The molecule has 1 amide bonds. The van der Waals surface area contributed by atoms with Crippen molar-refractivity contribution in [2.45, 2.75) is 27.2 Å². The topological polar surface area (TPSA) is 81.4 Å². The molecule has 2 heterocycles. The molecule has 0 saturated carbocycles. The van der Waals surface area contributed by atoms with E-state index in [1.165, 1.54) is 11.3 Å². The molecule has 0 bridgehead atoms. The molecule has 8 heteroatoms. The fraction of sp³-hybridized carbons (Fsp3) is 0.273. The monoisotopic (exact) mass is 421 g/mol. The minimum atomic E-state index is -0.162. The van der Waals surface area contributed by atoms with Crippen molar-refractivity contribution in [2.24, 2.45) is 5.92 Å². The van der Waals surface area contributed by atoms with Gasteiger partial charge in [-0.2, -0.15) is 9.61 Å². The molecule has 2 aromatic carbocycles. The smallest absolute Gasteiger partial charge is 0.255 e. The van der Waals surface area contributed by atoms with Crippen molar-refractivity contribution in [3.05, 3.63) is 59.9 Å². The van der Waals surface area contributed by atoms with Crippen LogP contribution in [0.4, 0.5) is 5.69 Å². The number of aryl methyl sites for hydroxylation is 1. The summed E-state index contributed by atoms with van der Waals surface area (Å²) >= 11 is 1.49. The van der Waals surface area contributed by atoms with Crippen molar-refractivity contribution >= 4 is 27.9 Å². The minimum absolute atomic E-state index is 0.162. The molecule has 0 unspecified atom stereocenters. The van der Waals surface area contributed by atoms with Gasteiger partial charge in [0.05, 0.1) is 6.61 Å². The van der Waals surface area contributed by atoms with E-state index in [0.717, 1.165) is 39.2 Å². The lowest BCUT2D eigenvalue weighted by atomic mass is 10.2. The number of ether oxygens (including phenoxy) is 1. The van der Waals surface area contributed by atoms with Crippen molar-refractivity contribution in [1.29, 1.82) is 0 Å². The SMILES string of the molecule is CCc1nnc2sc(-c3ccc(NC(=O)c4ccc(OCC(C)C)cc4)cc3)nn12. The van der Waals surface area contributed by atoms with Crippen molar-refractivity contribution in [1.82, 2.24) is 19.8 Å². The summed E-state index contributed by atoms with van der Waals surface area (Å²) in [5, 5.41) is 16.7. The van der Waals surface area contributed by atoms with Gasteiger partial charge >= 0.3 is 0 Å². The maximum absolute atomic E-state index is 12.5. The van der Waals surface area contributed by atoms with Gasteiger partial charge in [0.2, 0.25) is 4.96 Å². The fourth-order valence-corrected chi connectivity index (χ4v) is 3.72. The van der Waals surface area contributed by atoms with Gasteiger partial charge in [-0.05, 0) is 54.4 Å². The van der Waals surface area contributed by atoms with Crippen molar-refractivity contribution in [2.75, 3.05) is 11.9 Å². The number of aromatic nitrogens is 4. The van der Waals surface area contributed by atoms with Gasteiger partial charge in [-0.1, -0.05) is 32.1 Å². The molecular weight excluding hydrogens is 398 g/mol. The van der Waals surface area contributed by atoms with E-state index in [1.807, 2.05) is 43.3 Å². The first-order chi connectivity index (χ1) is 14.5. The van der Waals surface area contributed by atoms with Crippen LogP contribution >= 0.6 is 11.3 Å². The van der Waals surface area contributed by atoms with Gasteiger partial charge in [-0.3, -0.25) is 4.79 Å². The number of amides is 1. The molecule has 2 aromatic heterocycles. The Balaban J connectivity index is 1.42. The third kappa shape index (κ3) is 4.33. The summed E-state index contributed by atoms with van der Waals surface area (Å²) in [6, 6.07) is 14.8. The Morgan fingerprint density at radius 2 is 1.83 bits per heavy atom. The normalized spacial score (nSPS) is 11.2. The fourth-order valence-electron chi connectivity index (χ4n) is 2.86. The zero-order chi connectivity index (χ0) is 21.1. The third-order valence-electron chi connectivity index (χ3n) is 4.46. The Labute approximate surface area is 178 Å². The van der Waals surface area contributed by atoms with Crippen LogP contribution in [0.15, 0.2) is 48.5 Å². The van der Waals surface area contributed by atoms with Crippen molar-refractivity contribution < 1.29 is 9.53 Å². The Morgan fingerprint density at radius 3 is 2.50 bits per heavy atom. The van der Waals surface area contributed by atoms with Gasteiger partial charge < -0.3 is 10.1 Å². The Bertz CT molecular complexity index is 1150. The van der Waals surface area contributed by atoms with Crippen LogP contribution in [0.1, 0.15) is 37.0 Å².